The summed E-state index contributed by atoms with van der Waals surface area (Å²) in [4.78, 5) is 29.4. The Morgan fingerprint density at radius 3 is 2.71 bits per heavy atom. The summed E-state index contributed by atoms with van der Waals surface area (Å²) >= 11 is 0. The maximum Gasteiger partial charge on any atom is 0.244 e. The van der Waals surface area contributed by atoms with Gasteiger partial charge in [0.15, 0.2) is 0 Å². The predicted molar refractivity (Wildman–Crippen MR) is 109 cm³/mol. The highest BCUT2D eigenvalue weighted by Crippen LogP contribution is 2.29. The molecule has 0 bridgehead atoms. The van der Waals surface area contributed by atoms with Gasteiger partial charge in [-0.05, 0) is 56.0 Å². The molecule has 0 radical (unpaired) electrons. The molecule has 4 rings (SSSR count). The van der Waals surface area contributed by atoms with Crippen LogP contribution in [0.4, 0.5) is 5.69 Å². The average Bonchev–Trinajstić information content (AvgIpc) is 3.47. The minimum absolute atomic E-state index is 0.0680. The van der Waals surface area contributed by atoms with Gasteiger partial charge in [-0.3, -0.25) is 9.59 Å². The van der Waals surface area contributed by atoms with E-state index in [2.05, 4.69) is 15.6 Å². The van der Waals surface area contributed by atoms with Gasteiger partial charge < -0.3 is 15.2 Å². The maximum absolute atomic E-state index is 12.7. The van der Waals surface area contributed by atoms with Crippen molar-refractivity contribution in [1.82, 2.24) is 14.9 Å². The maximum atomic E-state index is 12.7. The number of rotatable bonds is 6. The van der Waals surface area contributed by atoms with Crippen molar-refractivity contribution < 1.29 is 9.59 Å². The summed E-state index contributed by atoms with van der Waals surface area (Å²) in [7, 11) is 0. The number of imidazole rings is 1. The smallest absolute Gasteiger partial charge is 0.244 e. The highest BCUT2D eigenvalue weighted by Gasteiger charge is 2.29. The first-order chi connectivity index (χ1) is 13.5. The number of hydrogen-bond donors (Lipinski definition) is 2. The Morgan fingerprint density at radius 1 is 1.14 bits per heavy atom. The van der Waals surface area contributed by atoms with Crippen LogP contribution in [0.25, 0.3) is 11.0 Å². The molecule has 0 spiro atoms. The third-order valence-electron chi connectivity index (χ3n) is 5.07. The molecule has 1 aliphatic carbocycles. The number of nitrogens with one attached hydrogen (secondary N) is 2. The summed E-state index contributed by atoms with van der Waals surface area (Å²) in [5, 5.41) is 5.95. The van der Waals surface area contributed by atoms with Crippen molar-refractivity contribution in [1.29, 1.82) is 0 Å². The zero-order valence-corrected chi connectivity index (χ0v) is 16.2. The third-order valence-corrected chi connectivity index (χ3v) is 5.07. The molecule has 144 valence electrons. The second-order valence-electron chi connectivity index (χ2n) is 7.46. The van der Waals surface area contributed by atoms with Gasteiger partial charge in [-0.25, -0.2) is 4.98 Å². The number of benzene rings is 2. The zero-order valence-electron chi connectivity index (χ0n) is 16.2. The molecule has 0 unspecified atom stereocenters. The minimum atomic E-state index is -0.119. The standard InChI is InChI=1S/C22H24N4O2/c1-14-7-8-15(2)18(11-14)25-21(27)13-26-19-6-4-3-5-17(19)24-20(26)12-23-22(28)16-9-10-16/h3-8,11,16H,9-10,12-13H2,1-2H3,(H,23,28)(H,25,27). The van der Waals surface area contributed by atoms with E-state index in [0.717, 1.165) is 40.7 Å². The lowest BCUT2D eigenvalue weighted by molar-refractivity contribution is -0.122. The first-order valence-corrected chi connectivity index (χ1v) is 9.60. The Balaban J connectivity index is 1.55. The fraction of sp³-hybridized carbons (Fsp3) is 0.318. The summed E-state index contributed by atoms with van der Waals surface area (Å²) in [5.41, 5.74) is 4.63. The van der Waals surface area contributed by atoms with Crippen molar-refractivity contribution in [3.8, 4) is 0 Å². The number of carbonyl (C=O) groups is 2. The summed E-state index contributed by atoms with van der Waals surface area (Å²) < 4.78 is 1.88. The number of fused-ring (bicyclic) bond motifs is 1. The topological polar surface area (TPSA) is 76.0 Å². The van der Waals surface area contributed by atoms with E-state index in [1.807, 2.05) is 60.9 Å². The number of anilines is 1. The van der Waals surface area contributed by atoms with Gasteiger partial charge >= 0.3 is 0 Å². The van der Waals surface area contributed by atoms with Crippen LogP contribution in [0, 0.1) is 19.8 Å². The Morgan fingerprint density at radius 2 is 1.93 bits per heavy atom. The largest absolute Gasteiger partial charge is 0.349 e. The molecule has 2 N–H and O–H groups in total. The van der Waals surface area contributed by atoms with Gasteiger partial charge in [0.05, 0.1) is 17.6 Å². The molecule has 3 aromatic rings. The Hall–Kier alpha value is -3.15. The predicted octanol–water partition coefficient (Wildman–Crippen LogP) is 3.32. The van der Waals surface area contributed by atoms with E-state index in [1.165, 1.54) is 0 Å². The molecular formula is C22H24N4O2. The molecule has 1 aromatic heterocycles. The van der Waals surface area contributed by atoms with Crippen LogP contribution in [0.15, 0.2) is 42.5 Å². The van der Waals surface area contributed by atoms with Crippen LogP contribution < -0.4 is 10.6 Å². The van der Waals surface area contributed by atoms with Crippen molar-refractivity contribution in [2.24, 2.45) is 5.92 Å². The van der Waals surface area contributed by atoms with Gasteiger partial charge in [-0.15, -0.1) is 0 Å². The van der Waals surface area contributed by atoms with E-state index in [0.29, 0.717) is 12.4 Å². The highest BCUT2D eigenvalue weighted by molar-refractivity contribution is 5.92. The van der Waals surface area contributed by atoms with Gasteiger partial charge in [0.25, 0.3) is 0 Å². The van der Waals surface area contributed by atoms with E-state index in [-0.39, 0.29) is 24.3 Å². The fourth-order valence-corrected chi connectivity index (χ4v) is 3.30. The van der Waals surface area contributed by atoms with Crippen LogP contribution in [0.3, 0.4) is 0 Å². The first kappa shape index (κ1) is 18.2. The Kier molecular flexibility index (Phi) is 4.86. The van der Waals surface area contributed by atoms with E-state index < -0.39 is 0 Å². The van der Waals surface area contributed by atoms with E-state index >= 15 is 0 Å². The van der Waals surface area contributed by atoms with Crippen LogP contribution >= 0.6 is 0 Å². The molecule has 0 atom stereocenters. The van der Waals surface area contributed by atoms with Crippen molar-refractivity contribution in [2.75, 3.05) is 5.32 Å². The summed E-state index contributed by atoms with van der Waals surface area (Å²) in [6.07, 6.45) is 1.92. The number of aromatic nitrogens is 2. The second kappa shape index (κ2) is 7.46. The summed E-state index contributed by atoms with van der Waals surface area (Å²) in [6.45, 7) is 4.43. The van der Waals surface area contributed by atoms with Gasteiger partial charge in [-0.1, -0.05) is 24.3 Å². The van der Waals surface area contributed by atoms with Gasteiger partial charge in [-0.2, -0.15) is 0 Å². The van der Waals surface area contributed by atoms with Crippen LogP contribution in [0.5, 0.6) is 0 Å². The molecule has 28 heavy (non-hydrogen) atoms. The van der Waals surface area contributed by atoms with Crippen LogP contribution in [0.1, 0.15) is 29.8 Å². The lowest BCUT2D eigenvalue weighted by Crippen LogP contribution is -2.27. The van der Waals surface area contributed by atoms with E-state index in [1.54, 1.807) is 0 Å². The van der Waals surface area contributed by atoms with Gasteiger partial charge in [0.1, 0.15) is 12.4 Å². The second-order valence-corrected chi connectivity index (χ2v) is 7.46. The summed E-state index contributed by atoms with van der Waals surface area (Å²) in [6, 6.07) is 13.7. The van der Waals surface area contributed by atoms with Crippen LogP contribution in [-0.4, -0.2) is 21.4 Å². The van der Waals surface area contributed by atoms with Crippen molar-refractivity contribution in [2.45, 2.75) is 39.8 Å². The van der Waals surface area contributed by atoms with Crippen LogP contribution in [-0.2, 0) is 22.7 Å². The molecule has 6 nitrogen and oxygen atoms in total. The molecule has 2 amide bonds. The first-order valence-electron chi connectivity index (χ1n) is 9.60. The number of para-hydroxylation sites is 2. The molecule has 0 saturated heterocycles. The molecular weight excluding hydrogens is 352 g/mol. The monoisotopic (exact) mass is 376 g/mol. The molecule has 0 aliphatic heterocycles. The van der Waals surface area contributed by atoms with E-state index in [9.17, 15) is 9.59 Å². The third kappa shape index (κ3) is 3.91. The molecule has 2 aromatic carbocycles. The van der Waals surface area contributed by atoms with E-state index in [4.69, 9.17) is 0 Å². The van der Waals surface area contributed by atoms with Crippen molar-refractivity contribution in [3.05, 3.63) is 59.4 Å². The summed E-state index contributed by atoms with van der Waals surface area (Å²) in [5.74, 6) is 0.779. The molecule has 1 aliphatic rings. The lowest BCUT2D eigenvalue weighted by Gasteiger charge is -2.12. The molecule has 1 saturated carbocycles. The molecule has 6 heteroatoms. The average molecular weight is 376 g/mol. The number of hydrogen-bond acceptors (Lipinski definition) is 3. The van der Waals surface area contributed by atoms with Crippen LogP contribution in [0.2, 0.25) is 0 Å². The fourth-order valence-electron chi connectivity index (χ4n) is 3.30. The Labute approximate surface area is 164 Å². The normalized spacial score (nSPS) is 13.5. The zero-order chi connectivity index (χ0) is 19.7. The number of nitrogens with zero attached hydrogens (tertiary/aromatic N) is 2. The number of carbonyl (C=O) groups excluding carboxylic acids is 2. The highest BCUT2D eigenvalue weighted by atomic mass is 16.2. The SMILES string of the molecule is Cc1ccc(C)c(NC(=O)Cn2c(CNC(=O)C3CC3)nc3ccccc32)c1. The lowest BCUT2D eigenvalue weighted by atomic mass is 10.1. The molecule has 1 fully saturated rings. The number of amides is 2. The minimum Gasteiger partial charge on any atom is -0.349 e. The molecule has 1 heterocycles. The van der Waals surface area contributed by atoms with Crippen molar-refractivity contribution in [3.63, 3.8) is 0 Å². The van der Waals surface area contributed by atoms with Crippen molar-refractivity contribution >= 4 is 28.5 Å². The number of aryl methyl sites for hydroxylation is 2. The van der Waals surface area contributed by atoms with Gasteiger partial charge in [0.2, 0.25) is 11.8 Å². The Bertz CT molecular complexity index is 1050. The quantitative estimate of drug-likeness (QED) is 0.693. The van der Waals surface area contributed by atoms with Gasteiger partial charge in [0, 0.05) is 11.6 Å².